The molecule has 0 saturated heterocycles. The molecular formula is C26H25ClN4O2S. The maximum Gasteiger partial charge on any atom is 0.263 e. The van der Waals surface area contributed by atoms with E-state index in [2.05, 4.69) is 22.2 Å². The number of aromatic nitrogens is 3. The fraction of sp³-hybridized carbons (Fsp3) is 0.231. The third-order valence-electron chi connectivity index (χ3n) is 5.52. The molecule has 1 N–H and O–H groups in total. The summed E-state index contributed by atoms with van der Waals surface area (Å²) in [5, 5.41) is 3.96. The Labute approximate surface area is 207 Å². The summed E-state index contributed by atoms with van der Waals surface area (Å²) in [4.78, 5) is 35.4. The average molecular weight is 493 g/mol. The van der Waals surface area contributed by atoms with Gasteiger partial charge in [-0.3, -0.25) is 14.2 Å². The second-order valence-corrected chi connectivity index (χ2v) is 9.38. The van der Waals surface area contributed by atoms with E-state index in [4.69, 9.17) is 11.6 Å². The molecule has 0 fully saturated rings. The maximum atomic E-state index is 13.4. The molecule has 8 heteroatoms. The van der Waals surface area contributed by atoms with Gasteiger partial charge in [0.25, 0.3) is 5.56 Å². The van der Waals surface area contributed by atoms with Gasteiger partial charge in [-0.25, -0.2) is 9.97 Å². The number of thioether (sulfide) groups is 1. The lowest BCUT2D eigenvalue weighted by Gasteiger charge is -2.18. The van der Waals surface area contributed by atoms with Crippen LogP contribution in [0.1, 0.15) is 31.4 Å². The SMILES string of the molecule is CCc1ccc(NC(=O)[C@H](CC)Sc2nc3ncccc3c(=O)n2Cc2ccccc2Cl)cc1. The van der Waals surface area contributed by atoms with Crippen LogP contribution in [0.4, 0.5) is 5.69 Å². The fourth-order valence-corrected chi connectivity index (χ4v) is 4.76. The molecule has 0 spiro atoms. The highest BCUT2D eigenvalue weighted by molar-refractivity contribution is 8.00. The molecule has 2 aromatic carbocycles. The Bertz CT molecular complexity index is 1370. The molecule has 0 saturated carbocycles. The number of rotatable bonds is 8. The van der Waals surface area contributed by atoms with Gasteiger partial charge >= 0.3 is 0 Å². The number of nitrogens with zero attached hydrogens (tertiary/aromatic N) is 3. The maximum absolute atomic E-state index is 13.4. The van der Waals surface area contributed by atoms with Crippen molar-refractivity contribution in [3.05, 3.63) is 93.4 Å². The molecule has 6 nitrogen and oxygen atoms in total. The van der Waals surface area contributed by atoms with E-state index < -0.39 is 5.25 Å². The predicted octanol–water partition coefficient (Wildman–Crippen LogP) is 5.57. The Hall–Kier alpha value is -3.16. The Balaban J connectivity index is 1.67. The van der Waals surface area contributed by atoms with E-state index in [0.717, 1.165) is 17.7 Å². The van der Waals surface area contributed by atoms with Gasteiger partial charge < -0.3 is 5.32 Å². The van der Waals surface area contributed by atoms with Crippen LogP contribution in [0.3, 0.4) is 0 Å². The van der Waals surface area contributed by atoms with Gasteiger partial charge in [0, 0.05) is 16.9 Å². The molecule has 1 amide bonds. The molecule has 0 aliphatic heterocycles. The van der Waals surface area contributed by atoms with E-state index >= 15 is 0 Å². The quantitative estimate of drug-likeness (QED) is 0.257. The van der Waals surface area contributed by atoms with Crippen LogP contribution in [-0.4, -0.2) is 25.7 Å². The van der Waals surface area contributed by atoms with E-state index in [1.165, 1.54) is 17.3 Å². The third-order valence-corrected chi connectivity index (χ3v) is 7.24. The van der Waals surface area contributed by atoms with Gasteiger partial charge in [0.05, 0.1) is 17.2 Å². The Morgan fingerprint density at radius 2 is 1.85 bits per heavy atom. The van der Waals surface area contributed by atoms with Gasteiger partial charge in [0.2, 0.25) is 5.91 Å². The summed E-state index contributed by atoms with van der Waals surface area (Å²) >= 11 is 7.63. The summed E-state index contributed by atoms with van der Waals surface area (Å²) in [6.07, 6.45) is 3.10. The monoisotopic (exact) mass is 492 g/mol. The first kappa shape index (κ1) is 24.0. The van der Waals surface area contributed by atoms with Crippen molar-refractivity contribution >= 4 is 46.0 Å². The summed E-state index contributed by atoms with van der Waals surface area (Å²) in [5.74, 6) is -0.142. The van der Waals surface area contributed by atoms with Gasteiger partial charge in [-0.15, -0.1) is 0 Å². The largest absolute Gasteiger partial charge is 0.325 e. The van der Waals surface area contributed by atoms with Gasteiger partial charge in [-0.05, 0) is 54.3 Å². The van der Waals surface area contributed by atoms with E-state index in [1.54, 1.807) is 29.0 Å². The van der Waals surface area contributed by atoms with Crippen molar-refractivity contribution in [1.29, 1.82) is 0 Å². The van der Waals surface area contributed by atoms with Crippen molar-refractivity contribution in [2.75, 3.05) is 5.32 Å². The molecule has 174 valence electrons. The lowest BCUT2D eigenvalue weighted by molar-refractivity contribution is -0.115. The molecule has 0 radical (unpaired) electrons. The van der Waals surface area contributed by atoms with Crippen molar-refractivity contribution < 1.29 is 4.79 Å². The zero-order valence-corrected chi connectivity index (χ0v) is 20.6. The number of pyridine rings is 1. The average Bonchev–Trinajstić information content (AvgIpc) is 2.86. The second kappa shape index (κ2) is 10.8. The number of hydrogen-bond acceptors (Lipinski definition) is 5. The highest BCUT2D eigenvalue weighted by Gasteiger charge is 2.23. The van der Waals surface area contributed by atoms with Crippen molar-refractivity contribution in [1.82, 2.24) is 14.5 Å². The number of benzene rings is 2. The predicted molar refractivity (Wildman–Crippen MR) is 139 cm³/mol. The van der Waals surface area contributed by atoms with Gasteiger partial charge in [-0.2, -0.15) is 0 Å². The third kappa shape index (κ3) is 5.32. The van der Waals surface area contributed by atoms with Crippen LogP contribution in [0.2, 0.25) is 5.02 Å². The van der Waals surface area contributed by atoms with Crippen molar-refractivity contribution in [3.8, 4) is 0 Å². The molecule has 4 rings (SSSR count). The first-order valence-electron chi connectivity index (χ1n) is 11.2. The minimum atomic E-state index is -0.448. The molecule has 0 unspecified atom stereocenters. The fourth-order valence-electron chi connectivity index (χ4n) is 3.56. The van der Waals surface area contributed by atoms with Crippen LogP contribution in [0.15, 0.2) is 76.8 Å². The smallest absolute Gasteiger partial charge is 0.263 e. The van der Waals surface area contributed by atoms with Crippen molar-refractivity contribution in [3.63, 3.8) is 0 Å². The zero-order chi connectivity index (χ0) is 24.1. The second-order valence-electron chi connectivity index (χ2n) is 7.81. The summed E-state index contributed by atoms with van der Waals surface area (Å²) in [6, 6.07) is 18.6. The zero-order valence-electron chi connectivity index (χ0n) is 19.0. The molecule has 2 heterocycles. The number of amides is 1. The van der Waals surface area contributed by atoms with Crippen LogP contribution in [0.5, 0.6) is 0 Å². The Kier molecular flexibility index (Phi) is 7.65. The lowest BCUT2D eigenvalue weighted by Crippen LogP contribution is -2.28. The Morgan fingerprint density at radius 3 is 2.56 bits per heavy atom. The molecule has 2 aromatic heterocycles. The summed E-state index contributed by atoms with van der Waals surface area (Å²) in [6.45, 7) is 4.27. The normalized spacial score (nSPS) is 12.0. The molecule has 0 aliphatic carbocycles. The van der Waals surface area contributed by atoms with Gasteiger partial charge in [-0.1, -0.05) is 67.5 Å². The number of carbonyl (C=O) groups excluding carboxylic acids is 1. The first-order chi connectivity index (χ1) is 16.5. The van der Waals surface area contributed by atoms with Crippen LogP contribution in [0.25, 0.3) is 11.0 Å². The summed E-state index contributed by atoms with van der Waals surface area (Å²) < 4.78 is 1.57. The number of carbonyl (C=O) groups is 1. The first-order valence-corrected chi connectivity index (χ1v) is 12.4. The van der Waals surface area contributed by atoms with Crippen molar-refractivity contribution in [2.45, 2.75) is 43.6 Å². The van der Waals surface area contributed by atoms with E-state index in [-0.39, 0.29) is 18.0 Å². The van der Waals surface area contributed by atoms with E-state index in [9.17, 15) is 9.59 Å². The van der Waals surface area contributed by atoms with Crippen molar-refractivity contribution in [2.24, 2.45) is 0 Å². The molecule has 1 atom stereocenters. The van der Waals surface area contributed by atoms with Crippen LogP contribution >= 0.6 is 23.4 Å². The van der Waals surface area contributed by atoms with E-state index in [0.29, 0.717) is 27.6 Å². The summed E-state index contributed by atoms with van der Waals surface area (Å²) in [7, 11) is 0. The van der Waals surface area contributed by atoms with Gasteiger partial charge in [0.15, 0.2) is 10.8 Å². The topological polar surface area (TPSA) is 76.9 Å². The van der Waals surface area contributed by atoms with E-state index in [1.807, 2.05) is 49.4 Å². The summed E-state index contributed by atoms with van der Waals surface area (Å²) in [5.41, 5.74) is 2.88. The van der Waals surface area contributed by atoms with Gasteiger partial charge in [0.1, 0.15) is 0 Å². The number of aryl methyl sites for hydroxylation is 1. The van der Waals surface area contributed by atoms with Crippen LogP contribution < -0.4 is 10.9 Å². The number of nitrogens with one attached hydrogen (secondary N) is 1. The highest BCUT2D eigenvalue weighted by Crippen LogP contribution is 2.27. The molecule has 0 aliphatic rings. The number of halogens is 1. The molecule has 0 bridgehead atoms. The molecule has 4 aromatic rings. The lowest BCUT2D eigenvalue weighted by atomic mass is 10.1. The minimum absolute atomic E-state index is 0.142. The number of anilines is 1. The van der Waals surface area contributed by atoms with Crippen LogP contribution in [-0.2, 0) is 17.8 Å². The molecular weight excluding hydrogens is 468 g/mol. The number of fused-ring (bicyclic) bond motifs is 1. The van der Waals surface area contributed by atoms with Crippen LogP contribution in [0, 0.1) is 0 Å². The minimum Gasteiger partial charge on any atom is -0.325 e. The standard InChI is InChI=1S/C26H25ClN4O2S/c1-3-17-11-13-19(14-12-17)29-24(32)22(4-2)34-26-30-23-20(9-7-15-28-23)25(33)31(26)16-18-8-5-6-10-21(18)27/h5-15,22H,3-4,16H2,1-2H3,(H,29,32)/t22-/m0/s1. The Morgan fingerprint density at radius 1 is 1.09 bits per heavy atom. The molecule has 34 heavy (non-hydrogen) atoms. The highest BCUT2D eigenvalue weighted by atomic mass is 35.5. The number of hydrogen-bond donors (Lipinski definition) is 1.